The van der Waals surface area contributed by atoms with E-state index in [-0.39, 0.29) is 5.97 Å². The summed E-state index contributed by atoms with van der Waals surface area (Å²) in [5.74, 6) is -0.291. The van der Waals surface area contributed by atoms with Gasteiger partial charge in [0.25, 0.3) is 0 Å². The number of hydrogen-bond donors (Lipinski definition) is 0. The van der Waals surface area contributed by atoms with Gasteiger partial charge in [-0.15, -0.1) is 6.58 Å². The molecular formula is C12H16O2. The molecule has 0 atom stereocenters. The molecule has 1 aromatic carbocycles. The third-order valence-corrected chi connectivity index (χ3v) is 1.48. The van der Waals surface area contributed by atoms with E-state index >= 15 is 0 Å². The number of ether oxygens (including phenoxy) is 1. The average molecular weight is 192 g/mol. The molecule has 0 saturated carbocycles. The summed E-state index contributed by atoms with van der Waals surface area (Å²) in [6.45, 7) is 5.54. The minimum Gasteiger partial charge on any atom is -0.465 e. The van der Waals surface area contributed by atoms with E-state index in [4.69, 9.17) is 0 Å². The van der Waals surface area contributed by atoms with Gasteiger partial charge in [-0.05, 0) is 18.6 Å². The molecule has 0 bridgehead atoms. The van der Waals surface area contributed by atoms with Crippen LogP contribution in [0.1, 0.15) is 23.7 Å². The number of methoxy groups -OCH3 is 1. The fourth-order valence-corrected chi connectivity index (χ4v) is 0.692. The monoisotopic (exact) mass is 192 g/mol. The normalized spacial score (nSPS) is 8.14. The van der Waals surface area contributed by atoms with Gasteiger partial charge in [-0.3, -0.25) is 0 Å². The van der Waals surface area contributed by atoms with Crippen molar-refractivity contribution in [2.75, 3.05) is 7.11 Å². The summed E-state index contributed by atoms with van der Waals surface area (Å²) in [6, 6.07) is 8.88. The van der Waals surface area contributed by atoms with Gasteiger partial charge in [-0.2, -0.15) is 0 Å². The minimum atomic E-state index is -0.291. The number of carbonyl (C=O) groups is 1. The Bertz CT molecular complexity index is 265. The number of carbonyl (C=O) groups excluding carboxylic acids is 1. The van der Waals surface area contributed by atoms with Crippen molar-refractivity contribution in [3.63, 3.8) is 0 Å². The van der Waals surface area contributed by atoms with Crippen molar-refractivity contribution in [2.45, 2.75) is 13.3 Å². The summed E-state index contributed by atoms with van der Waals surface area (Å²) in [6.07, 6.45) is 2.96. The van der Waals surface area contributed by atoms with E-state index in [1.807, 2.05) is 12.1 Å². The number of esters is 1. The van der Waals surface area contributed by atoms with Crippen molar-refractivity contribution in [1.82, 2.24) is 0 Å². The Labute approximate surface area is 85.2 Å². The molecule has 0 aliphatic heterocycles. The van der Waals surface area contributed by atoms with Crippen molar-refractivity contribution in [3.05, 3.63) is 48.6 Å². The second-order valence-electron chi connectivity index (χ2n) is 2.55. The molecular weight excluding hydrogens is 176 g/mol. The van der Waals surface area contributed by atoms with E-state index in [1.54, 1.807) is 24.3 Å². The Morgan fingerprint density at radius 3 is 2.29 bits per heavy atom. The maximum absolute atomic E-state index is 10.8. The molecule has 14 heavy (non-hydrogen) atoms. The summed E-state index contributed by atoms with van der Waals surface area (Å²) in [5, 5.41) is 0. The lowest BCUT2D eigenvalue weighted by Gasteiger charge is -1.95. The molecule has 2 nitrogen and oxygen atoms in total. The lowest BCUT2D eigenvalue weighted by atomic mass is 10.2. The van der Waals surface area contributed by atoms with Crippen LogP contribution in [-0.4, -0.2) is 13.1 Å². The molecule has 1 rings (SSSR count). The van der Waals surface area contributed by atoms with E-state index in [0.717, 1.165) is 6.42 Å². The smallest absolute Gasteiger partial charge is 0.337 e. The molecule has 76 valence electrons. The number of benzene rings is 1. The molecule has 0 N–H and O–H groups in total. The molecule has 0 spiro atoms. The van der Waals surface area contributed by atoms with Crippen LogP contribution in [0.5, 0.6) is 0 Å². The SMILES string of the molecule is C=CCC.COC(=O)c1ccccc1. The first kappa shape index (κ1) is 12.4. The highest BCUT2D eigenvalue weighted by molar-refractivity contribution is 5.89. The Balaban J connectivity index is 0.000000364. The van der Waals surface area contributed by atoms with Gasteiger partial charge in [0.1, 0.15) is 0 Å². The van der Waals surface area contributed by atoms with Crippen LogP contribution in [-0.2, 0) is 4.74 Å². The van der Waals surface area contributed by atoms with Crippen LogP contribution < -0.4 is 0 Å². The second kappa shape index (κ2) is 8.05. The van der Waals surface area contributed by atoms with Gasteiger partial charge in [-0.1, -0.05) is 31.2 Å². The number of allylic oxidation sites excluding steroid dienone is 1. The fraction of sp³-hybridized carbons (Fsp3) is 0.250. The Hall–Kier alpha value is -1.57. The van der Waals surface area contributed by atoms with Gasteiger partial charge >= 0.3 is 5.97 Å². The zero-order valence-corrected chi connectivity index (χ0v) is 8.69. The fourth-order valence-electron chi connectivity index (χ4n) is 0.692. The zero-order chi connectivity index (χ0) is 10.8. The first-order chi connectivity index (χ1) is 6.76. The maximum Gasteiger partial charge on any atom is 0.337 e. The Morgan fingerprint density at radius 1 is 1.43 bits per heavy atom. The molecule has 0 fully saturated rings. The van der Waals surface area contributed by atoms with Crippen molar-refractivity contribution in [1.29, 1.82) is 0 Å². The van der Waals surface area contributed by atoms with Crippen molar-refractivity contribution >= 4 is 5.97 Å². The maximum atomic E-state index is 10.8. The van der Waals surface area contributed by atoms with Gasteiger partial charge in [0.2, 0.25) is 0 Å². The predicted octanol–water partition coefficient (Wildman–Crippen LogP) is 3.06. The van der Waals surface area contributed by atoms with Gasteiger partial charge in [0.15, 0.2) is 0 Å². The van der Waals surface area contributed by atoms with Crippen molar-refractivity contribution in [3.8, 4) is 0 Å². The highest BCUT2D eigenvalue weighted by atomic mass is 16.5. The van der Waals surface area contributed by atoms with Gasteiger partial charge in [0, 0.05) is 0 Å². The molecule has 1 aromatic rings. The zero-order valence-electron chi connectivity index (χ0n) is 8.69. The van der Waals surface area contributed by atoms with Crippen molar-refractivity contribution in [2.24, 2.45) is 0 Å². The standard InChI is InChI=1S/C8H8O2.C4H8/c1-10-8(9)7-5-3-2-4-6-7;1-3-4-2/h2-6H,1H3;3H,1,4H2,2H3. The van der Waals surface area contributed by atoms with E-state index in [2.05, 4.69) is 18.2 Å². The van der Waals surface area contributed by atoms with Crippen LogP contribution in [0.25, 0.3) is 0 Å². The third-order valence-electron chi connectivity index (χ3n) is 1.48. The molecule has 0 unspecified atom stereocenters. The predicted molar refractivity (Wildman–Crippen MR) is 58.3 cm³/mol. The molecule has 2 heteroatoms. The summed E-state index contributed by atoms with van der Waals surface area (Å²) in [5.41, 5.74) is 0.588. The quantitative estimate of drug-likeness (QED) is 0.531. The molecule has 0 aromatic heterocycles. The first-order valence-corrected chi connectivity index (χ1v) is 4.50. The number of rotatable bonds is 2. The van der Waals surface area contributed by atoms with Crippen LogP contribution in [0.4, 0.5) is 0 Å². The lowest BCUT2D eigenvalue weighted by molar-refractivity contribution is 0.0601. The van der Waals surface area contributed by atoms with Gasteiger partial charge in [-0.25, -0.2) is 4.79 Å². The topological polar surface area (TPSA) is 26.3 Å². The second-order valence-corrected chi connectivity index (χ2v) is 2.55. The Kier molecular flexibility index (Phi) is 7.15. The van der Waals surface area contributed by atoms with Crippen LogP contribution in [0.3, 0.4) is 0 Å². The van der Waals surface area contributed by atoms with Crippen LogP contribution in [0, 0.1) is 0 Å². The third kappa shape index (κ3) is 5.14. The molecule has 0 aliphatic carbocycles. The Morgan fingerprint density at radius 2 is 1.93 bits per heavy atom. The average Bonchev–Trinajstić information content (AvgIpc) is 2.29. The minimum absolute atomic E-state index is 0.291. The number of hydrogen-bond acceptors (Lipinski definition) is 2. The molecule has 0 radical (unpaired) electrons. The van der Waals surface area contributed by atoms with E-state index in [0.29, 0.717) is 5.56 Å². The summed E-state index contributed by atoms with van der Waals surface area (Å²) in [4.78, 5) is 10.8. The molecule has 0 aliphatic rings. The molecule has 0 saturated heterocycles. The van der Waals surface area contributed by atoms with E-state index < -0.39 is 0 Å². The van der Waals surface area contributed by atoms with Crippen LogP contribution in [0.2, 0.25) is 0 Å². The van der Waals surface area contributed by atoms with E-state index in [1.165, 1.54) is 7.11 Å². The van der Waals surface area contributed by atoms with Gasteiger partial charge in [0.05, 0.1) is 12.7 Å². The summed E-state index contributed by atoms with van der Waals surface area (Å²) in [7, 11) is 1.37. The summed E-state index contributed by atoms with van der Waals surface area (Å²) >= 11 is 0. The van der Waals surface area contributed by atoms with Crippen LogP contribution in [0.15, 0.2) is 43.0 Å². The highest BCUT2D eigenvalue weighted by Crippen LogP contribution is 1.98. The molecule has 0 heterocycles. The van der Waals surface area contributed by atoms with Crippen LogP contribution >= 0.6 is 0 Å². The van der Waals surface area contributed by atoms with E-state index in [9.17, 15) is 4.79 Å². The highest BCUT2D eigenvalue weighted by Gasteiger charge is 2.00. The lowest BCUT2D eigenvalue weighted by Crippen LogP contribution is -1.99. The first-order valence-electron chi connectivity index (χ1n) is 4.50. The largest absolute Gasteiger partial charge is 0.465 e. The van der Waals surface area contributed by atoms with Crippen molar-refractivity contribution < 1.29 is 9.53 Å². The molecule has 0 amide bonds. The van der Waals surface area contributed by atoms with Gasteiger partial charge < -0.3 is 4.74 Å². The summed E-state index contributed by atoms with van der Waals surface area (Å²) < 4.78 is 4.50.